The number of nitrogens with one attached hydrogen (secondary N) is 2. The van der Waals surface area contributed by atoms with E-state index in [1.807, 2.05) is 20.8 Å². The predicted molar refractivity (Wildman–Crippen MR) is 110 cm³/mol. The van der Waals surface area contributed by atoms with Gasteiger partial charge in [0.2, 0.25) is 11.8 Å². The van der Waals surface area contributed by atoms with E-state index in [-0.39, 0.29) is 23.3 Å². The molecule has 0 saturated carbocycles. The number of piperidine rings is 1. The maximum atomic E-state index is 13.6. The number of halogens is 1. The Labute approximate surface area is 172 Å². The van der Waals surface area contributed by atoms with Gasteiger partial charge in [-0.25, -0.2) is 4.39 Å². The normalized spacial score (nSPS) is 24.2. The summed E-state index contributed by atoms with van der Waals surface area (Å²) in [5.41, 5.74) is 0.178. The molecular formula is C22H32FN3O3. The minimum Gasteiger partial charge on any atom is -0.497 e. The third kappa shape index (κ3) is 5.92. The van der Waals surface area contributed by atoms with Crippen LogP contribution in [0.2, 0.25) is 0 Å². The number of benzene rings is 1. The third-order valence-electron chi connectivity index (χ3n) is 5.69. The second kappa shape index (κ2) is 8.69. The SMILES string of the molecule is COc1cc(F)cc(NC(=O)CC2CC3CCC(C2)N3CC(=O)NC(C)(C)C)c1. The summed E-state index contributed by atoms with van der Waals surface area (Å²) in [5, 5.41) is 5.82. The Kier molecular flexibility index (Phi) is 6.46. The largest absolute Gasteiger partial charge is 0.497 e. The monoisotopic (exact) mass is 405 g/mol. The standard InChI is InChI=1S/C22H32FN3O3/c1-22(2,3)25-21(28)13-26-17-5-6-18(26)8-14(7-17)9-20(27)24-16-10-15(23)11-19(12-16)29-4/h10-12,14,17-18H,5-9,13H2,1-4H3,(H,24,27)(H,25,28). The van der Waals surface area contributed by atoms with E-state index in [9.17, 15) is 14.0 Å². The molecule has 0 aliphatic carbocycles. The Hall–Kier alpha value is -2.15. The number of hydrogen-bond donors (Lipinski definition) is 2. The van der Waals surface area contributed by atoms with Crippen LogP contribution < -0.4 is 15.4 Å². The number of nitrogens with zero attached hydrogens (tertiary/aromatic N) is 1. The van der Waals surface area contributed by atoms with Crippen molar-refractivity contribution in [3.05, 3.63) is 24.0 Å². The molecule has 0 spiro atoms. The summed E-state index contributed by atoms with van der Waals surface area (Å²) in [5.74, 6) is 0.163. The van der Waals surface area contributed by atoms with Crippen LogP contribution in [0.1, 0.15) is 52.9 Å². The molecule has 7 heteroatoms. The molecule has 0 aromatic heterocycles. The van der Waals surface area contributed by atoms with Crippen molar-refractivity contribution in [3.8, 4) is 5.75 Å². The van der Waals surface area contributed by atoms with Crippen molar-refractivity contribution >= 4 is 17.5 Å². The van der Waals surface area contributed by atoms with Crippen molar-refractivity contribution in [2.45, 2.75) is 70.5 Å². The minimum absolute atomic E-state index is 0.0608. The third-order valence-corrected chi connectivity index (χ3v) is 5.69. The molecule has 2 N–H and O–H groups in total. The summed E-state index contributed by atoms with van der Waals surface area (Å²) in [6.07, 6.45) is 4.39. The van der Waals surface area contributed by atoms with Crippen LogP contribution in [0, 0.1) is 11.7 Å². The van der Waals surface area contributed by atoms with Gasteiger partial charge in [-0.15, -0.1) is 0 Å². The van der Waals surface area contributed by atoms with Crippen molar-refractivity contribution in [1.82, 2.24) is 10.2 Å². The first kappa shape index (κ1) is 21.6. The summed E-state index contributed by atoms with van der Waals surface area (Å²) >= 11 is 0. The summed E-state index contributed by atoms with van der Waals surface area (Å²) < 4.78 is 18.7. The zero-order valence-electron chi connectivity index (χ0n) is 17.8. The van der Waals surface area contributed by atoms with Crippen LogP contribution in [-0.4, -0.2) is 48.0 Å². The zero-order chi connectivity index (χ0) is 21.2. The van der Waals surface area contributed by atoms with Crippen molar-refractivity contribution in [2.75, 3.05) is 19.0 Å². The highest BCUT2D eigenvalue weighted by atomic mass is 19.1. The van der Waals surface area contributed by atoms with Crippen molar-refractivity contribution in [1.29, 1.82) is 0 Å². The lowest BCUT2D eigenvalue weighted by molar-refractivity contribution is -0.125. The number of rotatable bonds is 6. The predicted octanol–water partition coefficient (Wildman–Crippen LogP) is 3.32. The highest BCUT2D eigenvalue weighted by Gasteiger charge is 2.41. The quantitative estimate of drug-likeness (QED) is 0.762. The van der Waals surface area contributed by atoms with Crippen molar-refractivity contribution in [2.24, 2.45) is 5.92 Å². The van der Waals surface area contributed by atoms with E-state index in [1.54, 1.807) is 6.07 Å². The molecule has 29 heavy (non-hydrogen) atoms. The van der Waals surface area contributed by atoms with E-state index in [1.165, 1.54) is 19.2 Å². The summed E-state index contributed by atoms with van der Waals surface area (Å²) in [6.45, 7) is 6.38. The van der Waals surface area contributed by atoms with Gasteiger partial charge in [-0.05, 0) is 58.4 Å². The summed E-state index contributed by atoms with van der Waals surface area (Å²) in [7, 11) is 1.46. The van der Waals surface area contributed by atoms with Gasteiger partial charge in [0, 0.05) is 41.9 Å². The molecule has 2 aliphatic rings. The first-order valence-corrected chi connectivity index (χ1v) is 10.3. The first-order chi connectivity index (χ1) is 13.6. The molecule has 160 valence electrons. The van der Waals surface area contributed by atoms with Gasteiger partial charge in [-0.3, -0.25) is 14.5 Å². The van der Waals surface area contributed by atoms with Gasteiger partial charge in [-0.1, -0.05) is 0 Å². The topological polar surface area (TPSA) is 70.7 Å². The molecule has 2 heterocycles. The van der Waals surface area contributed by atoms with Gasteiger partial charge >= 0.3 is 0 Å². The Bertz CT molecular complexity index is 748. The number of hydrogen-bond acceptors (Lipinski definition) is 4. The van der Waals surface area contributed by atoms with Gasteiger partial charge in [-0.2, -0.15) is 0 Å². The van der Waals surface area contributed by atoms with E-state index in [2.05, 4.69) is 15.5 Å². The molecule has 2 unspecified atom stereocenters. The van der Waals surface area contributed by atoms with Crippen LogP contribution in [-0.2, 0) is 9.59 Å². The first-order valence-electron chi connectivity index (χ1n) is 10.3. The van der Waals surface area contributed by atoms with E-state index in [0.717, 1.165) is 25.7 Å². The molecular weight excluding hydrogens is 373 g/mol. The number of anilines is 1. The van der Waals surface area contributed by atoms with Gasteiger partial charge in [0.15, 0.2) is 0 Å². The average molecular weight is 406 g/mol. The van der Waals surface area contributed by atoms with Crippen molar-refractivity contribution in [3.63, 3.8) is 0 Å². The fourth-order valence-corrected chi connectivity index (χ4v) is 4.66. The van der Waals surface area contributed by atoms with E-state index >= 15 is 0 Å². The van der Waals surface area contributed by atoms with Crippen LogP contribution in [0.5, 0.6) is 5.75 Å². The molecule has 2 amide bonds. The van der Waals surface area contributed by atoms with Crippen LogP contribution in [0.4, 0.5) is 10.1 Å². The van der Waals surface area contributed by atoms with Gasteiger partial charge in [0.1, 0.15) is 11.6 Å². The number of ether oxygens (including phenoxy) is 1. The van der Waals surface area contributed by atoms with Gasteiger partial charge < -0.3 is 15.4 Å². The van der Waals surface area contributed by atoms with Crippen molar-refractivity contribution < 1.29 is 18.7 Å². The van der Waals surface area contributed by atoms with Gasteiger partial charge in [0.25, 0.3) is 0 Å². The molecule has 2 fully saturated rings. The molecule has 3 rings (SSSR count). The number of carbonyl (C=O) groups is 2. The van der Waals surface area contributed by atoms with Crippen LogP contribution in [0.25, 0.3) is 0 Å². The number of fused-ring (bicyclic) bond motifs is 2. The second-order valence-corrected chi connectivity index (χ2v) is 9.32. The Balaban J connectivity index is 1.53. The molecule has 1 aromatic carbocycles. The highest BCUT2D eigenvalue weighted by molar-refractivity contribution is 5.91. The molecule has 2 bridgehead atoms. The minimum atomic E-state index is -0.445. The molecule has 2 atom stereocenters. The summed E-state index contributed by atoms with van der Waals surface area (Å²) in [4.78, 5) is 27.1. The van der Waals surface area contributed by atoms with E-state index in [4.69, 9.17) is 4.74 Å². The maximum Gasteiger partial charge on any atom is 0.234 e. The number of amides is 2. The highest BCUT2D eigenvalue weighted by Crippen LogP contribution is 2.39. The average Bonchev–Trinajstić information content (AvgIpc) is 2.82. The molecule has 2 saturated heterocycles. The molecule has 0 radical (unpaired) electrons. The lowest BCUT2D eigenvalue weighted by Gasteiger charge is -2.38. The molecule has 2 aliphatic heterocycles. The number of methoxy groups -OCH3 is 1. The van der Waals surface area contributed by atoms with Crippen LogP contribution in [0.3, 0.4) is 0 Å². The fraction of sp³-hybridized carbons (Fsp3) is 0.636. The lowest BCUT2D eigenvalue weighted by atomic mass is 9.88. The Morgan fingerprint density at radius 1 is 1.14 bits per heavy atom. The summed E-state index contributed by atoms with van der Waals surface area (Å²) in [6, 6.07) is 4.89. The smallest absolute Gasteiger partial charge is 0.234 e. The fourth-order valence-electron chi connectivity index (χ4n) is 4.66. The second-order valence-electron chi connectivity index (χ2n) is 9.32. The maximum absolute atomic E-state index is 13.6. The molecule has 6 nitrogen and oxygen atoms in total. The number of carbonyl (C=O) groups excluding carboxylic acids is 2. The van der Waals surface area contributed by atoms with E-state index in [0.29, 0.717) is 36.5 Å². The lowest BCUT2D eigenvalue weighted by Crippen LogP contribution is -2.51. The zero-order valence-corrected chi connectivity index (χ0v) is 17.8. The molecule has 1 aromatic rings. The van der Waals surface area contributed by atoms with Crippen LogP contribution >= 0.6 is 0 Å². The van der Waals surface area contributed by atoms with Crippen LogP contribution in [0.15, 0.2) is 18.2 Å². The van der Waals surface area contributed by atoms with E-state index < -0.39 is 5.82 Å². The Morgan fingerprint density at radius 3 is 2.38 bits per heavy atom. The Morgan fingerprint density at radius 2 is 1.79 bits per heavy atom. The van der Waals surface area contributed by atoms with Gasteiger partial charge in [0.05, 0.1) is 13.7 Å².